The molecule has 2 rings (SSSR count). The maximum atomic E-state index is 11.5. The second-order valence-electron chi connectivity index (χ2n) is 4.00. The fourth-order valence-corrected chi connectivity index (χ4v) is 3.54. The summed E-state index contributed by atoms with van der Waals surface area (Å²) in [5, 5.41) is 3.28. The first-order chi connectivity index (χ1) is 7.57. The van der Waals surface area contributed by atoms with E-state index in [9.17, 15) is 8.42 Å². The Bertz CT molecular complexity index is 473. The van der Waals surface area contributed by atoms with E-state index in [1.165, 1.54) is 0 Å². The fourth-order valence-electron chi connectivity index (χ4n) is 1.90. The lowest BCUT2D eigenvalue weighted by atomic mass is 10.0. The molecule has 0 saturated carbocycles. The molecule has 1 N–H and O–H groups in total. The highest BCUT2D eigenvalue weighted by atomic mass is 79.9. The zero-order valence-corrected chi connectivity index (χ0v) is 11.2. The second kappa shape index (κ2) is 4.85. The first kappa shape index (κ1) is 12.1. The number of hydrogen-bond acceptors (Lipinski definition) is 3. The molecule has 0 aromatic heterocycles. The molecule has 1 heterocycles. The maximum absolute atomic E-state index is 11.5. The predicted molar refractivity (Wildman–Crippen MR) is 68.2 cm³/mol. The number of sulfone groups is 1. The minimum absolute atomic E-state index is 0.148. The average molecular weight is 304 g/mol. The van der Waals surface area contributed by atoms with Crippen LogP contribution in [0, 0.1) is 0 Å². The third-order valence-corrected chi connectivity index (χ3v) is 4.95. The molecule has 1 fully saturated rings. The smallest absolute Gasteiger partial charge is 0.151 e. The van der Waals surface area contributed by atoms with Gasteiger partial charge in [0.05, 0.1) is 11.5 Å². The fraction of sp³-hybridized carbons (Fsp3) is 0.455. The van der Waals surface area contributed by atoms with Crippen molar-refractivity contribution in [3.63, 3.8) is 0 Å². The predicted octanol–water partition coefficient (Wildman–Crippen LogP) is 1.90. The Morgan fingerprint density at radius 3 is 2.88 bits per heavy atom. The van der Waals surface area contributed by atoms with Crippen LogP contribution in [0.2, 0.25) is 0 Å². The summed E-state index contributed by atoms with van der Waals surface area (Å²) in [5.41, 5.74) is 1.14. The van der Waals surface area contributed by atoms with Crippen molar-refractivity contribution in [3.8, 4) is 0 Å². The van der Waals surface area contributed by atoms with Gasteiger partial charge in [-0.05, 0) is 24.1 Å². The topological polar surface area (TPSA) is 46.2 Å². The molecule has 0 aliphatic carbocycles. The molecule has 5 heteroatoms. The Labute approximate surface area is 104 Å². The highest BCUT2D eigenvalue weighted by Gasteiger charge is 2.21. The summed E-state index contributed by atoms with van der Waals surface area (Å²) >= 11 is 3.42. The molecule has 3 nitrogen and oxygen atoms in total. The van der Waals surface area contributed by atoms with Gasteiger partial charge in [-0.1, -0.05) is 28.1 Å². The third kappa shape index (κ3) is 3.06. The quantitative estimate of drug-likeness (QED) is 0.862. The van der Waals surface area contributed by atoms with E-state index in [1.54, 1.807) is 0 Å². The van der Waals surface area contributed by atoms with Crippen LogP contribution in [-0.2, 0) is 9.84 Å². The molecule has 1 aliphatic rings. The summed E-state index contributed by atoms with van der Waals surface area (Å²) in [7, 11) is -2.84. The summed E-state index contributed by atoms with van der Waals surface area (Å²) in [4.78, 5) is 0. The molecular formula is C11H14BrNO2S. The van der Waals surface area contributed by atoms with E-state index in [0.717, 1.165) is 10.0 Å². The Morgan fingerprint density at radius 1 is 1.31 bits per heavy atom. The standard InChI is InChI=1S/C11H14BrNO2S/c12-10-3-1-2-9(8-10)11-4-6-16(14,15)7-5-13-11/h1-3,8,11,13H,4-7H2. The SMILES string of the molecule is O=S1(=O)CCNC(c2cccc(Br)c2)CC1. The molecule has 88 valence electrons. The second-order valence-corrected chi connectivity index (χ2v) is 7.22. The van der Waals surface area contributed by atoms with E-state index >= 15 is 0 Å². The molecule has 1 atom stereocenters. The number of rotatable bonds is 1. The van der Waals surface area contributed by atoms with Crippen LogP contribution in [0.5, 0.6) is 0 Å². The Kier molecular flexibility index (Phi) is 3.66. The van der Waals surface area contributed by atoms with E-state index in [1.807, 2.05) is 24.3 Å². The van der Waals surface area contributed by atoms with Gasteiger partial charge in [0.15, 0.2) is 9.84 Å². The normalized spacial score (nSPS) is 24.9. The van der Waals surface area contributed by atoms with Crippen molar-refractivity contribution < 1.29 is 8.42 Å². The molecule has 16 heavy (non-hydrogen) atoms. The first-order valence-electron chi connectivity index (χ1n) is 5.26. The zero-order chi connectivity index (χ0) is 11.6. The number of halogens is 1. The van der Waals surface area contributed by atoms with E-state index < -0.39 is 9.84 Å². The van der Waals surface area contributed by atoms with Crippen LogP contribution in [0.25, 0.3) is 0 Å². The van der Waals surface area contributed by atoms with E-state index in [-0.39, 0.29) is 17.5 Å². The van der Waals surface area contributed by atoms with Gasteiger partial charge in [-0.15, -0.1) is 0 Å². The van der Waals surface area contributed by atoms with Crippen LogP contribution in [0.4, 0.5) is 0 Å². The van der Waals surface area contributed by atoms with Crippen molar-refractivity contribution in [1.82, 2.24) is 5.32 Å². The molecule has 0 spiro atoms. The minimum Gasteiger partial charge on any atom is -0.309 e. The summed E-state index contributed by atoms with van der Waals surface area (Å²) < 4.78 is 24.0. The molecule has 0 bridgehead atoms. The van der Waals surface area contributed by atoms with Gasteiger partial charge in [0.25, 0.3) is 0 Å². The Balaban J connectivity index is 2.17. The highest BCUT2D eigenvalue weighted by Crippen LogP contribution is 2.22. The molecule has 0 amide bonds. The minimum atomic E-state index is -2.84. The van der Waals surface area contributed by atoms with Gasteiger partial charge in [0.1, 0.15) is 0 Å². The lowest BCUT2D eigenvalue weighted by Gasteiger charge is -2.15. The van der Waals surface area contributed by atoms with Crippen LogP contribution in [-0.4, -0.2) is 26.5 Å². The van der Waals surface area contributed by atoms with Crippen LogP contribution in [0.1, 0.15) is 18.0 Å². The largest absolute Gasteiger partial charge is 0.309 e. The molecule has 1 saturated heterocycles. The summed E-state index contributed by atoms with van der Waals surface area (Å²) in [6, 6.07) is 8.16. The van der Waals surface area contributed by atoms with Gasteiger partial charge in [-0.3, -0.25) is 0 Å². The molecule has 1 aliphatic heterocycles. The van der Waals surface area contributed by atoms with Gasteiger partial charge in [0, 0.05) is 17.1 Å². The van der Waals surface area contributed by atoms with Crippen LogP contribution < -0.4 is 5.32 Å². The number of nitrogens with one attached hydrogen (secondary N) is 1. The molecular weight excluding hydrogens is 290 g/mol. The molecule has 1 unspecified atom stereocenters. The van der Waals surface area contributed by atoms with Gasteiger partial charge >= 0.3 is 0 Å². The zero-order valence-electron chi connectivity index (χ0n) is 8.82. The van der Waals surface area contributed by atoms with Crippen LogP contribution in [0.15, 0.2) is 28.7 Å². The molecule has 1 aromatic carbocycles. The van der Waals surface area contributed by atoms with Crippen LogP contribution in [0.3, 0.4) is 0 Å². The Hall–Kier alpha value is -0.390. The van der Waals surface area contributed by atoms with Crippen molar-refractivity contribution in [2.24, 2.45) is 0 Å². The van der Waals surface area contributed by atoms with Crippen molar-refractivity contribution >= 4 is 25.8 Å². The lowest BCUT2D eigenvalue weighted by Crippen LogP contribution is -2.22. The van der Waals surface area contributed by atoms with Gasteiger partial charge in [0.2, 0.25) is 0 Å². The highest BCUT2D eigenvalue weighted by molar-refractivity contribution is 9.10. The maximum Gasteiger partial charge on any atom is 0.151 e. The average Bonchev–Trinajstić information content (AvgIpc) is 2.39. The Morgan fingerprint density at radius 2 is 2.12 bits per heavy atom. The van der Waals surface area contributed by atoms with Crippen molar-refractivity contribution in [1.29, 1.82) is 0 Å². The summed E-state index contributed by atoms with van der Waals surface area (Å²) in [6.07, 6.45) is 0.652. The lowest BCUT2D eigenvalue weighted by molar-refractivity contribution is 0.551. The molecule has 0 radical (unpaired) electrons. The van der Waals surface area contributed by atoms with Crippen molar-refractivity contribution in [2.45, 2.75) is 12.5 Å². The van der Waals surface area contributed by atoms with Crippen LogP contribution >= 0.6 is 15.9 Å². The number of benzene rings is 1. The van der Waals surface area contributed by atoms with E-state index in [4.69, 9.17) is 0 Å². The third-order valence-electron chi connectivity index (χ3n) is 2.77. The van der Waals surface area contributed by atoms with E-state index in [0.29, 0.717) is 13.0 Å². The number of hydrogen-bond donors (Lipinski definition) is 1. The summed E-state index contributed by atoms with van der Waals surface area (Å²) in [6.45, 7) is 0.541. The first-order valence-corrected chi connectivity index (χ1v) is 7.87. The van der Waals surface area contributed by atoms with Gasteiger partial charge in [-0.25, -0.2) is 8.42 Å². The molecule has 1 aromatic rings. The van der Waals surface area contributed by atoms with Gasteiger partial charge < -0.3 is 5.32 Å². The summed E-state index contributed by atoms with van der Waals surface area (Å²) in [5.74, 6) is 0.523. The van der Waals surface area contributed by atoms with Gasteiger partial charge in [-0.2, -0.15) is 0 Å². The van der Waals surface area contributed by atoms with Crippen molar-refractivity contribution in [2.75, 3.05) is 18.1 Å². The monoisotopic (exact) mass is 303 g/mol. The van der Waals surface area contributed by atoms with E-state index in [2.05, 4.69) is 21.2 Å². The van der Waals surface area contributed by atoms with Crippen molar-refractivity contribution in [3.05, 3.63) is 34.3 Å².